The Bertz CT molecular complexity index is 561. The summed E-state index contributed by atoms with van der Waals surface area (Å²) in [6.45, 7) is 1.87. The van der Waals surface area contributed by atoms with Crippen LogP contribution in [0.4, 0.5) is 8.78 Å². The quantitative estimate of drug-likeness (QED) is 0.787. The van der Waals surface area contributed by atoms with Crippen molar-refractivity contribution in [3.05, 3.63) is 48.1 Å². The third kappa shape index (κ3) is 2.22. The normalized spacial score (nSPS) is 10.4. The summed E-state index contributed by atoms with van der Waals surface area (Å²) in [7, 11) is 0. The molecule has 0 bridgehead atoms. The second-order valence-electron chi connectivity index (χ2n) is 3.46. The minimum absolute atomic E-state index is 0.000460. The third-order valence-corrected chi connectivity index (χ3v) is 2.26. The van der Waals surface area contributed by atoms with E-state index in [1.807, 2.05) is 0 Å². The summed E-state index contributed by atoms with van der Waals surface area (Å²) in [5.74, 6) is -2.10. The van der Waals surface area contributed by atoms with Gasteiger partial charge in [-0.05, 0) is 19.1 Å². The first-order valence-electron chi connectivity index (χ1n) is 5.29. The van der Waals surface area contributed by atoms with Crippen LogP contribution in [0.2, 0.25) is 0 Å². The topological polar surface area (TPSA) is 44.1 Å². The molecule has 4 nitrogen and oxygen atoms in total. The van der Waals surface area contributed by atoms with Crippen LogP contribution in [-0.2, 0) is 4.74 Å². The number of halogens is 2. The van der Waals surface area contributed by atoms with E-state index in [0.717, 1.165) is 23.0 Å². The molecule has 0 radical (unpaired) electrons. The second kappa shape index (κ2) is 4.95. The Morgan fingerprint density at radius 3 is 2.67 bits per heavy atom. The Hall–Kier alpha value is -2.24. The Morgan fingerprint density at radius 2 is 2.06 bits per heavy atom. The molecule has 0 aliphatic heterocycles. The fourth-order valence-corrected chi connectivity index (χ4v) is 1.49. The van der Waals surface area contributed by atoms with Gasteiger partial charge in [-0.15, -0.1) is 0 Å². The van der Waals surface area contributed by atoms with E-state index in [0.29, 0.717) is 0 Å². The molecular weight excluding hydrogens is 242 g/mol. The molecule has 2 aromatic rings. The average molecular weight is 252 g/mol. The fraction of sp³-hybridized carbons (Fsp3) is 0.167. The van der Waals surface area contributed by atoms with Crippen molar-refractivity contribution < 1.29 is 18.3 Å². The van der Waals surface area contributed by atoms with Gasteiger partial charge in [-0.2, -0.15) is 0 Å². The number of benzene rings is 1. The zero-order valence-corrected chi connectivity index (χ0v) is 9.56. The molecule has 0 atom stereocenters. The zero-order valence-electron chi connectivity index (χ0n) is 9.56. The Labute approximate surface area is 102 Å². The maximum Gasteiger partial charge on any atom is 0.358 e. The van der Waals surface area contributed by atoms with Crippen LogP contribution in [0.15, 0.2) is 30.7 Å². The monoisotopic (exact) mass is 252 g/mol. The van der Waals surface area contributed by atoms with Gasteiger partial charge in [0.25, 0.3) is 0 Å². The van der Waals surface area contributed by atoms with Crippen molar-refractivity contribution in [2.45, 2.75) is 6.92 Å². The number of nitrogens with zero attached hydrogens (tertiary/aromatic N) is 2. The van der Waals surface area contributed by atoms with E-state index in [9.17, 15) is 13.6 Å². The van der Waals surface area contributed by atoms with Gasteiger partial charge in [0.15, 0.2) is 5.69 Å². The lowest BCUT2D eigenvalue weighted by atomic mass is 10.3. The molecule has 0 spiro atoms. The number of carbonyl (C=O) groups is 1. The summed E-state index contributed by atoms with van der Waals surface area (Å²) in [6.07, 6.45) is 2.38. The summed E-state index contributed by atoms with van der Waals surface area (Å²) in [6, 6.07) is 3.52. The number of rotatable bonds is 3. The maximum absolute atomic E-state index is 13.5. The van der Waals surface area contributed by atoms with Crippen LogP contribution in [0.1, 0.15) is 17.4 Å². The molecule has 94 valence electrons. The third-order valence-electron chi connectivity index (χ3n) is 2.26. The Balaban J connectivity index is 2.38. The van der Waals surface area contributed by atoms with Crippen molar-refractivity contribution in [1.82, 2.24) is 9.55 Å². The molecule has 0 amide bonds. The largest absolute Gasteiger partial charge is 0.461 e. The molecule has 0 unspecified atom stereocenters. The van der Waals surface area contributed by atoms with Gasteiger partial charge in [0.05, 0.1) is 6.61 Å². The summed E-state index contributed by atoms with van der Waals surface area (Å²) < 4.78 is 32.8. The standard InChI is InChI=1S/C12H10F2N2O2/c1-2-18-12(17)10-6-16(7-15-10)11-8(13)4-3-5-9(11)14/h3-7H,2H2,1H3. The summed E-state index contributed by atoms with van der Waals surface area (Å²) in [5, 5.41) is 0. The van der Waals surface area contributed by atoms with E-state index in [4.69, 9.17) is 4.74 Å². The van der Waals surface area contributed by atoms with Gasteiger partial charge in [0.1, 0.15) is 23.6 Å². The first kappa shape index (κ1) is 12.2. The molecule has 0 aliphatic carbocycles. The van der Waals surface area contributed by atoms with Crippen molar-refractivity contribution in [1.29, 1.82) is 0 Å². The van der Waals surface area contributed by atoms with Gasteiger partial charge in [-0.25, -0.2) is 18.6 Å². The van der Waals surface area contributed by atoms with Crippen molar-refractivity contribution in [3.63, 3.8) is 0 Å². The first-order chi connectivity index (χ1) is 8.63. The summed E-state index contributed by atoms with van der Waals surface area (Å²) in [5.41, 5.74) is -0.278. The second-order valence-corrected chi connectivity index (χ2v) is 3.46. The van der Waals surface area contributed by atoms with Crippen LogP contribution < -0.4 is 0 Å². The molecule has 18 heavy (non-hydrogen) atoms. The van der Waals surface area contributed by atoms with Gasteiger partial charge in [0.2, 0.25) is 0 Å². The van der Waals surface area contributed by atoms with Gasteiger partial charge in [-0.1, -0.05) is 6.07 Å². The Morgan fingerprint density at radius 1 is 1.39 bits per heavy atom. The van der Waals surface area contributed by atoms with Crippen molar-refractivity contribution in [2.75, 3.05) is 6.61 Å². The molecule has 1 heterocycles. The number of hydrogen-bond donors (Lipinski definition) is 0. The van der Waals surface area contributed by atoms with Crippen LogP contribution >= 0.6 is 0 Å². The molecular formula is C12H10F2N2O2. The minimum Gasteiger partial charge on any atom is -0.461 e. The lowest BCUT2D eigenvalue weighted by Crippen LogP contribution is -2.05. The van der Waals surface area contributed by atoms with E-state index in [1.165, 1.54) is 12.3 Å². The van der Waals surface area contributed by atoms with Crippen LogP contribution in [0.3, 0.4) is 0 Å². The predicted octanol–water partition coefficient (Wildman–Crippen LogP) is 2.33. The summed E-state index contributed by atoms with van der Waals surface area (Å²) >= 11 is 0. The van der Waals surface area contributed by atoms with E-state index in [-0.39, 0.29) is 18.0 Å². The number of hydrogen-bond acceptors (Lipinski definition) is 3. The van der Waals surface area contributed by atoms with Crippen LogP contribution in [-0.4, -0.2) is 22.1 Å². The van der Waals surface area contributed by atoms with Crippen LogP contribution in [0, 0.1) is 11.6 Å². The van der Waals surface area contributed by atoms with Gasteiger partial charge >= 0.3 is 5.97 Å². The van der Waals surface area contributed by atoms with Crippen molar-refractivity contribution in [3.8, 4) is 5.69 Å². The summed E-state index contributed by atoms with van der Waals surface area (Å²) in [4.78, 5) is 15.1. The molecule has 1 aromatic carbocycles. The minimum atomic E-state index is -0.734. The molecule has 0 N–H and O–H groups in total. The molecule has 6 heteroatoms. The van der Waals surface area contributed by atoms with E-state index in [2.05, 4.69) is 4.98 Å². The van der Waals surface area contributed by atoms with Crippen molar-refractivity contribution >= 4 is 5.97 Å². The Kier molecular flexibility index (Phi) is 3.36. The highest BCUT2D eigenvalue weighted by atomic mass is 19.1. The lowest BCUT2D eigenvalue weighted by Gasteiger charge is -2.04. The number of aromatic nitrogens is 2. The van der Waals surface area contributed by atoms with E-state index < -0.39 is 17.6 Å². The zero-order chi connectivity index (χ0) is 13.1. The SMILES string of the molecule is CCOC(=O)c1cn(-c2c(F)cccc2F)cn1. The number of imidazole rings is 1. The van der Waals surface area contributed by atoms with Crippen LogP contribution in [0.25, 0.3) is 5.69 Å². The van der Waals surface area contributed by atoms with E-state index in [1.54, 1.807) is 6.92 Å². The molecule has 0 aliphatic rings. The average Bonchev–Trinajstić information content (AvgIpc) is 2.78. The highest BCUT2D eigenvalue weighted by molar-refractivity contribution is 5.87. The number of para-hydroxylation sites is 1. The molecule has 0 fully saturated rings. The van der Waals surface area contributed by atoms with E-state index >= 15 is 0 Å². The highest BCUT2D eigenvalue weighted by Crippen LogP contribution is 2.17. The molecule has 0 saturated heterocycles. The predicted molar refractivity (Wildman–Crippen MR) is 59.4 cm³/mol. The molecule has 2 rings (SSSR count). The number of ether oxygens (including phenoxy) is 1. The number of carbonyl (C=O) groups excluding carboxylic acids is 1. The van der Waals surface area contributed by atoms with Gasteiger partial charge < -0.3 is 9.30 Å². The molecule has 0 saturated carbocycles. The smallest absolute Gasteiger partial charge is 0.358 e. The maximum atomic E-state index is 13.5. The molecule has 1 aromatic heterocycles. The fourth-order valence-electron chi connectivity index (χ4n) is 1.49. The van der Waals surface area contributed by atoms with Gasteiger partial charge in [0, 0.05) is 6.20 Å². The van der Waals surface area contributed by atoms with Crippen LogP contribution in [0.5, 0.6) is 0 Å². The van der Waals surface area contributed by atoms with Gasteiger partial charge in [-0.3, -0.25) is 0 Å². The highest BCUT2D eigenvalue weighted by Gasteiger charge is 2.15. The lowest BCUT2D eigenvalue weighted by molar-refractivity contribution is 0.0520. The first-order valence-corrected chi connectivity index (χ1v) is 5.29. The van der Waals surface area contributed by atoms with Crippen molar-refractivity contribution in [2.24, 2.45) is 0 Å². The number of esters is 1.